The summed E-state index contributed by atoms with van der Waals surface area (Å²) in [4.78, 5) is 50.6. The van der Waals surface area contributed by atoms with E-state index in [9.17, 15) is 36.4 Å². The van der Waals surface area contributed by atoms with Gasteiger partial charge in [-0.15, -0.1) is 0 Å². The van der Waals surface area contributed by atoms with Crippen LogP contribution in [0.5, 0.6) is 0 Å². The third kappa shape index (κ3) is 5.31. The first-order valence-electron chi connectivity index (χ1n) is 13.5. The van der Waals surface area contributed by atoms with Crippen molar-refractivity contribution in [2.75, 3.05) is 0 Å². The van der Waals surface area contributed by atoms with Crippen molar-refractivity contribution in [3.8, 4) is 0 Å². The molecule has 0 aromatic carbocycles. The predicted molar refractivity (Wildman–Crippen MR) is 128 cm³/mol. The summed E-state index contributed by atoms with van der Waals surface area (Å²) in [7, 11) is -5.84. The van der Waals surface area contributed by atoms with E-state index in [-0.39, 0.29) is 5.92 Å². The lowest BCUT2D eigenvalue weighted by molar-refractivity contribution is -0.180. The minimum absolute atomic E-state index is 0.197. The number of hydrogen-bond acceptors (Lipinski definition) is 11. The third-order valence-corrected chi connectivity index (χ3v) is 9.72. The van der Waals surface area contributed by atoms with E-state index in [0.29, 0.717) is 19.8 Å². The highest BCUT2D eigenvalue weighted by atomic mass is 32.2. The average Bonchev–Trinajstić information content (AvgIpc) is 3.65. The Morgan fingerprint density at radius 1 is 1.05 bits per heavy atom. The van der Waals surface area contributed by atoms with Gasteiger partial charge in [0.05, 0.1) is 12.8 Å². The molecule has 3 heterocycles. The van der Waals surface area contributed by atoms with Crippen LogP contribution >= 0.6 is 0 Å². The standard InChI is InChI=1S/C25H34F2O12S/c1-4-24(5-2,13-8-6-7-9-13)39-23(31)17-16-18-21(38-22(16)30)20(19(17)37-18)36-15(29)11-10-14(28)35-12(3)25(26,27)40(32,33)34/h12-13,16-21H,4-11H2,1-3H3,(H,32,33,34). The summed E-state index contributed by atoms with van der Waals surface area (Å²) in [5.74, 6) is -5.36. The van der Waals surface area contributed by atoms with Gasteiger partial charge in [0.2, 0.25) is 0 Å². The normalized spacial score (nSPS) is 30.7. The lowest BCUT2D eigenvalue weighted by atomic mass is 9.77. The summed E-state index contributed by atoms with van der Waals surface area (Å²) in [6, 6.07) is 0. The number of esters is 4. The lowest BCUT2D eigenvalue weighted by Gasteiger charge is -2.39. The maximum atomic E-state index is 13.6. The molecule has 1 saturated carbocycles. The fourth-order valence-electron chi connectivity index (χ4n) is 6.46. The van der Waals surface area contributed by atoms with E-state index in [4.69, 9.17) is 23.5 Å². The second-order valence-corrected chi connectivity index (χ2v) is 12.3. The van der Waals surface area contributed by atoms with E-state index in [1.54, 1.807) is 0 Å². The highest BCUT2D eigenvalue weighted by Gasteiger charge is 2.72. The molecule has 1 N–H and O–H groups in total. The summed E-state index contributed by atoms with van der Waals surface area (Å²) in [5, 5.41) is -4.75. The number of carbonyl (C=O) groups excluding carboxylic acids is 4. The first-order chi connectivity index (χ1) is 18.7. The van der Waals surface area contributed by atoms with Gasteiger partial charge in [0, 0.05) is 0 Å². The fraction of sp³-hybridized carbons (Fsp3) is 0.840. The molecule has 0 spiro atoms. The minimum Gasteiger partial charge on any atom is -0.458 e. The van der Waals surface area contributed by atoms with Crippen molar-refractivity contribution in [3.63, 3.8) is 0 Å². The molecule has 0 radical (unpaired) electrons. The molecule has 0 aromatic rings. The maximum Gasteiger partial charge on any atom is 0.405 e. The molecule has 4 rings (SSSR count). The molecule has 2 bridgehead atoms. The molecule has 4 aliphatic rings. The molecule has 3 saturated heterocycles. The summed E-state index contributed by atoms with van der Waals surface area (Å²) >= 11 is 0. The van der Waals surface area contributed by atoms with Gasteiger partial charge in [0.1, 0.15) is 29.6 Å². The Balaban J connectivity index is 1.38. The number of fused-ring (bicyclic) bond motifs is 1. The molecule has 1 aliphatic carbocycles. The van der Waals surface area contributed by atoms with Crippen molar-refractivity contribution in [1.82, 2.24) is 0 Å². The van der Waals surface area contributed by atoms with Gasteiger partial charge < -0.3 is 23.7 Å². The number of carbonyl (C=O) groups is 4. The van der Waals surface area contributed by atoms with Gasteiger partial charge in [-0.25, -0.2) is 0 Å². The topological polar surface area (TPSA) is 169 Å². The first kappa shape index (κ1) is 30.6. The quantitative estimate of drug-likeness (QED) is 0.199. The van der Waals surface area contributed by atoms with E-state index in [1.165, 1.54) is 0 Å². The largest absolute Gasteiger partial charge is 0.458 e. The monoisotopic (exact) mass is 596 g/mol. The van der Waals surface area contributed by atoms with Crippen molar-refractivity contribution in [2.24, 2.45) is 17.8 Å². The fourth-order valence-corrected chi connectivity index (χ4v) is 6.93. The van der Waals surface area contributed by atoms with Crippen LogP contribution in [0.4, 0.5) is 8.78 Å². The van der Waals surface area contributed by atoms with Gasteiger partial charge in [-0.2, -0.15) is 17.2 Å². The Hall–Kier alpha value is -2.39. The van der Waals surface area contributed by atoms with Gasteiger partial charge in [0.25, 0.3) is 0 Å². The highest BCUT2D eigenvalue weighted by molar-refractivity contribution is 7.86. The molecular formula is C25H34F2O12S. The van der Waals surface area contributed by atoms with Gasteiger partial charge in [0.15, 0.2) is 18.3 Å². The van der Waals surface area contributed by atoms with Crippen LogP contribution in [0.1, 0.15) is 72.1 Å². The van der Waals surface area contributed by atoms with Crippen molar-refractivity contribution in [2.45, 2.75) is 114 Å². The molecule has 40 heavy (non-hydrogen) atoms. The van der Waals surface area contributed by atoms with E-state index in [1.807, 2.05) is 13.8 Å². The zero-order valence-electron chi connectivity index (χ0n) is 22.4. The molecule has 0 amide bonds. The second-order valence-electron chi connectivity index (χ2n) is 10.8. The first-order valence-corrected chi connectivity index (χ1v) is 14.9. The molecule has 15 heteroatoms. The molecule has 226 valence electrons. The van der Waals surface area contributed by atoms with Crippen LogP contribution in [0.25, 0.3) is 0 Å². The molecular weight excluding hydrogens is 562 g/mol. The molecule has 4 fully saturated rings. The number of rotatable bonds is 12. The Morgan fingerprint density at radius 2 is 1.65 bits per heavy atom. The van der Waals surface area contributed by atoms with E-state index >= 15 is 0 Å². The van der Waals surface area contributed by atoms with Crippen molar-refractivity contribution in [1.29, 1.82) is 0 Å². The molecule has 7 unspecified atom stereocenters. The van der Waals surface area contributed by atoms with Crippen LogP contribution in [0.2, 0.25) is 0 Å². The van der Waals surface area contributed by atoms with Crippen LogP contribution < -0.4 is 0 Å². The zero-order chi connectivity index (χ0) is 29.6. The van der Waals surface area contributed by atoms with Gasteiger partial charge in [-0.3, -0.25) is 23.7 Å². The maximum absolute atomic E-state index is 13.6. The van der Waals surface area contributed by atoms with Crippen LogP contribution in [-0.4, -0.2) is 78.2 Å². The van der Waals surface area contributed by atoms with Crippen LogP contribution in [0, 0.1) is 17.8 Å². The van der Waals surface area contributed by atoms with E-state index in [0.717, 1.165) is 25.7 Å². The average molecular weight is 597 g/mol. The smallest absolute Gasteiger partial charge is 0.405 e. The SMILES string of the molecule is CCC(CC)(OC(=O)C1C2OC3C(OC(=O)C31)C2OC(=O)CCC(=O)OC(C)C(F)(F)S(=O)(=O)O)C1CCCC1. The minimum atomic E-state index is -5.84. The molecule has 7 atom stereocenters. The number of hydrogen-bond donors (Lipinski definition) is 1. The Bertz CT molecular complexity index is 1130. The second kappa shape index (κ2) is 11.1. The molecule has 12 nitrogen and oxygen atoms in total. The van der Waals surface area contributed by atoms with Gasteiger partial charge in [-0.1, -0.05) is 26.7 Å². The number of alkyl halides is 2. The van der Waals surface area contributed by atoms with Crippen molar-refractivity contribution in [3.05, 3.63) is 0 Å². The van der Waals surface area contributed by atoms with Crippen LogP contribution in [0.3, 0.4) is 0 Å². The van der Waals surface area contributed by atoms with Gasteiger partial charge in [-0.05, 0) is 38.5 Å². The third-order valence-electron chi connectivity index (χ3n) is 8.70. The Morgan fingerprint density at radius 3 is 2.23 bits per heavy atom. The van der Waals surface area contributed by atoms with E-state index < -0.39 is 100 Å². The van der Waals surface area contributed by atoms with Crippen molar-refractivity contribution >= 4 is 34.0 Å². The highest BCUT2D eigenvalue weighted by Crippen LogP contribution is 2.52. The predicted octanol–water partition coefficient (Wildman–Crippen LogP) is 2.32. The molecule has 3 aliphatic heterocycles. The summed E-state index contributed by atoms with van der Waals surface area (Å²) in [6.45, 7) is 4.47. The Labute approximate surface area is 230 Å². The van der Waals surface area contributed by atoms with Gasteiger partial charge >= 0.3 is 39.2 Å². The molecule has 0 aromatic heterocycles. The lowest BCUT2D eigenvalue weighted by Crippen LogP contribution is -2.50. The number of ether oxygens (including phenoxy) is 5. The van der Waals surface area contributed by atoms with E-state index in [2.05, 4.69) is 4.74 Å². The Kier molecular flexibility index (Phi) is 8.50. The summed E-state index contributed by atoms with van der Waals surface area (Å²) < 4.78 is 84.5. The summed E-state index contributed by atoms with van der Waals surface area (Å²) in [5.41, 5.74) is -0.687. The zero-order valence-corrected chi connectivity index (χ0v) is 23.2. The van der Waals surface area contributed by atoms with Crippen molar-refractivity contribution < 1.29 is 64.6 Å². The summed E-state index contributed by atoms with van der Waals surface area (Å²) in [6.07, 6.45) is -2.68. The van der Waals surface area contributed by atoms with Crippen LogP contribution in [0.15, 0.2) is 0 Å². The van der Waals surface area contributed by atoms with Crippen LogP contribution in [-0.2, 0) is 53.0 Å². The number of halogens is 2.